The van der Waals surface area contributed by atoms with Gasteiger partial charge in [-0.1, -0.05) is 54.2 Å². The number of fused-ring (bicyclic) bond motifs is 1. The summed E-state index contributed by atoms with van der Waals surface area (Å²) in [5.41, 5.74) is 3.65. The van der Waals surface area contributed by atoms with Crippen molar-refractivity contribution in [2.24, 2.45) is 4.99 Å². The minimum atomic E-state index is -0.532. The summed E-state index contributed by atoms with van der Waals surface area (Å²) in [6.45, 7) is 4.55. The lowest BCUT2D eigenvalue weighted by molar-refractivity contribution is -0.139. The molecule has 2 aliphatic heterocycles. The van der Waals surface area contributed by atoms with E-state index in [0.717, 1.165) is 16.8 Å². The minimum absolute atomic E-state index is 0.114. The molecule has 3 aromatic rings. The molecule has 0 unspecified atom stereocenters. The van der Waals surface area contributed by atoms with Crippen molar-refractivity contribution >= 4 is 28.8 Å². The second-order valence-corrected chi connectivity index (χ2v) is 9.83. The van der Waals surface area contributed by atoms with E-state index in [1.807, 2.05) is 77.9 Å². The number of amidine groups is 1. The van der Waals surface area contributed by atoms with Crippen LogP contribution < -0.4 is 10.1 Å². The van der Waals surface area contributed by atoms with Crippen LogP contribution in [-0.4, -0.2) is 28.6 Å². The van der Waals surface area contributed by atoms with Crippen LogP contribution in [0.3, 0.4) is 0 Å². The summed E-state index contributed by atoms with van der Waals surface area (Å²) in [6.07, 6.45) is 1.69. The molecule has 8 nitrogen and oxygen atoms in total. The Hall–Kier alpha value is -4.24. The number of benzene rings is 2. The third-order valence-corrected chi connectivity index (χ3v) is 7.19. The maximum Gasteiger partial charge on any atom is 0.338 e. The summed E-state index contributed by atoms with van der Waals surface area (Å²) in [4.78, 5) is 32.7. The van der Waals surface area contributed by atoms with Crippen LogP contribution in [0.4, 0.5) is 0 Å². The quantitative estimate of drug-likeness (QED) is 0.328. The molecule has 9 heteroatoms. The second kappa shape index (κ2) is 12.1. The normalized spacial score (nSPS) is 16.4. The van der Waals surface area contributed by atoms with Crippen LogP contribution in [0.5, 0.6) is 5.75 Å². The molecule has 3 heterocycles. The monoisotopic (exact) mass is 543 g/mol. The highest BCUT2D eigenvalue weighted by Gasteiger charge is 2.41. The standard InChI is InChI=1S/C30H29N3O5S/c1-3-36-29(35)27-20(2)32-30-33(23(19-39-30)16-26(34)31-17-25-13-8-14-37-25)28(27)22-11-7-12-24(15-22)38-18-21-9-5-4-6-10-21/h4-15,19,28H,3,16-18H2,1-2H3,(H,31,34)/t28-/m0/s1. The molecule has 200 valence electrons. The Morgan fingerprint density at radius 2 is 1.95 bits per heavy atom. The zero-order valence-electron chi connectivity index (χ0n) is 21.8. The molecule has 2 aromatic carbocycles. The number of thioether (sulfide) groups is 1. The Balaban J connectivity index is 1.42. The van der Waals surface area contributed by atoms with E-state index in [1.54, 1.807) is 19.3 Å². The number of allylic oxidation sites excluding steroid dienone is 1. The molecule has 1 atom stereocenters. The molecule has 2 aliphatic rings. The maximum absolute atomic E-state index is 13.2. The molecular formula is C30H29N3O5S. The van der Waals surface area contributed by atoms with Gasteiger partial charge in [0, 0.05) is 5.70 Å². The predicted octanol–water partition coefficient (Wildman–Crippen LogP) is 5.70. The molecule has 1 amide bonds. The van der Waals surface area contributed by atoms with E-state index < -0.39 is 12.0 Å². The fourth-order valence-corrected chi connectivity index (χ4v) is 5.46. The van der Waals surface area contributed by atoms with Gasteiger partial charge in [-0.15, -0.1) is 0 Å². The Morgan fingerprint density at radius 1 is 1.10 bits per heavy atom. The molecule has 39 heavy (non-hydrogen) atoms. The highest BCUT2D eigenvalue weighted by Crippen LogP contribution is 2.45. The number of hydrogen-bond acceptors (Lipinski definition) is 8. The molecule has 0 saturated heterocycles. The number of carbonyl (C=O) groups excluding carboxylic acids is 2. The van der Waals surface area contributed by atoms with E-state index >= 15 is 0 Å². The second-order valence-electron chi connectivity index (χ2n) is 8.99. The van der Waals surface area contributed by atoms with Crippen molar-refractivity contribution in [3.05, 3.63) is 112 Å². The fourth-order valence-electron chi connectivity index (χ4n) is 4.50. The Morgan fingerprint density at radius 3 is 2.72 bits per heavy atom. The molecule has 0 aliphatic carbocycles. The van der Waals surface area contributed by atoms with E-state index in [4.69, 9.17) is 18.9 Å². The number of hydrogen-bond donors (Lipinski definition) is 1. The first-order valence-corrected chi connectivity index (χ1v) is 13.6. The van der Waals surface area contributed by atoms with Crippen LogP contribution in [-0.2, 0) is 27.5 Å². The van der Waals surface area contributed by atoms with Crippen molar-refractivity contribution in [1.82, 2.24) is 10.2 Å². The van der Waals surface area contributed by atoms with Crippen molar-refractivity contribution < 1.29 is 23.5 Å². The number of nitrogens with zero attached hydrogens (tertiary/aromatic N) is 2. The lowest BCUT2D eigenvalue weighted by atomic mass is 9.93. The topological polar surface area (TPSA) is 93.4 Å². The van der Waals surface area contributed by atoms with Crippen molar-refractivity contribution in [2.75, 3.05) is 6.61 Å². The van der Waals surface area contributed by atoms with Crippen molar-refractivity contribution in [2.45, 2.75) is 39.5 Å². The number of aliphatic imine (C=N–C) groups is 1. The average Bonchev–Trinajstić information content (AvgIpc) is 3.61. The molecule has 0 fully saturated rings. The SMILES string of the molecule is CCOC(=O)C1=C(C)N=C2SC=C(CC(=O)NCc3ccco3)N2[C@H]1c1cccc(OCc2ccccc2)c1. The van der Waals surface area contributed by atoms with E-state index in [-0.39, 0.29) is 18.9 Å². The molecule has 0 saturated carbocycles. The van der Waals surface area contributed by atoms with Crippen molar-refractivity contribution in [1.29, 1.82) is 0 Å². The van der Waals surface area contributed by atoms with Crippen LogP contribution in [0.2, 0.25) is 0 Å². The van der Waals surface area contributed by atoms with Crippen LogP contribution in [0.25, 0.3) is 0 Å². The number of ether oxygens (including phenoxy) is 2. The first-order valence-electron chi connectivity index (χ1n) is 12.7. The Labute approximate surface area is 231 Å². The minimum Gasteiger partial charge on any atom is -0.489 e. The zero-order valence-corrected chi connectivity index (χ0v) is 22.6. The van der Waals surface area contributed by atoms with Gasteiger partial charge in [0.2, 0.25) is 5.91 Å². The smallest absolute Gasteiger partial charge is 0.338 e. The molecule has 1 aromatic heterocycles. The van der Waals surface area contributed by atoms with Gasteiger partial charge in [0.1, 0.15) is 18.1 Å². The Kier molecular flexibility index (Phi) is 8.17. The predicted molar refractivity (Wildman–Crippen MR) is 149 cm³/mol. The third-order valence-electron chi connectivity index (χ3n) is 6.30. The van der Waals surface area contributed by atoms with Gasteiger partial charge < -0.3 is 24.1 Å². The molecule has 1 N–H and O–H groups in total. The third kappa shape index (κ3) is 6.09. The Bertz CT molecular complexity index is 1430. The largest absolute Gasteiger partial charge is 0.489 e. The van der Waals surface area contributed by atoms with E-state index in [2.05, 4.69) is 5.32 Å². The lowest BCUT2D eigenvalue weighted by Crippen LogP contribution is -2.38. The molecule has 0 bridgehead atoms. The summed E-state index contributed by atoms with van der Waals surface area (Å²) in [5, 5.41) is 5.51. The van der Waals surface area contributed by atoms with E-state index in [1.165, 1.54) is 11.8 Å². The maximum atomic E-state index is 13.2. The van der Waals surface area contributed by atoms with Crippen LogP contribution in [0, 0.1) is 0 Å². The van der Waals surface area contributed by atoms with Gasteiger partial charge in [-0.05, 0) is 54.6 Å². The van der Waals surface area contributed by atoms with Gasteiger partial charge in [0.25, 0.3) is 0 Å². The van der Waals surface area contributed by atoms with Crippen LogP contribution >= 0.6 is 11.8 Å². The molecule has 0 spiro atoms. The molecule has 0 radical (unpaired) electrons. The van der Waals surface area contributed by atoms with Crippen LogP contribution in [0.1, 0.15) is 43.2 Å². The van der Waals surface area contributed by atoms with Crippen molar-refractivity contribution in [3.8, 4) is 5.75 Å². The van der Waals surface area contributed by atoms with Gasteiger partial charge in [0.05, 0.1) is 43.1 Å². The number of nitrogens with one attached hydrogen (secondary N) is 1. The highest BCUT2D eigenvalue weighted by molar-refractivity contribution is 8.16. The van der Waals surface area contributed by atoms with Gasteiger partial charge in [-0.2, -0.15) is 0 Å². The average molecular weight is 544 g/mol. The summed E-state index contributed by atoms with van der Waals surface area (Å²) >= 11 is 1.43. The number of furan rings is 1. The summed E-state index contributed by atoms with van der Waals surface area (Å²) in [7, 11) is 0. The van der Waals surface area contributed by atoms with Crippen LogP contribution in [0.15, 0.2) is 105 Å². The number of esters is 1. The zero-order chi connectivity index (χ0) is 27.2. The molecular weight excluding hydrogens is 514 g/mol. The number of rotatable bonds is 10. The van der Waals surface area contributed by atoms with Gasteiger partial charge in [-0.3, -0.25) is 4.79 Å². The lowest BCUT2D eigenvalue weighted by Gasteiger charge is -2.36. The molecule has 5 rings (SSSR count). The highest BCUT2D eigenvalue weighted by atomic mass is 32.2. The fraction of sp³-hybridized carbons (Fsp3) is 0.233. The first kappa shape index (κ1) is 26.4. The van der Waals surface area contributed by atoms with Gasteiger partial charge >= 0.3 is 5.97 Å². The summed E-state index contributed by atoms with van der Waals surface area (Å²) in [6, 6.07) is 20.7. The summed E-state index contributed by atoms with van der Waals surface area (Å²) < 4.78 is 16.9. The van der Waals surface area contributed by atoms with E-state index in [0.29, 0.717) is 41.1 Å². The van der Waals surface area contributed by atoms with Gasteiger partial charge in [-0.25, -0.2) is 9.79 Å². The van der Waals surface area contributed by atoms with Gasteiger partial charge in [0.15, 0.2) is 5.17 Å². The van der Waals surface area contributed by atoms with E-state index in [9.17, 15) is 9.59 Å². The van der Waals surface area contributed by atoms with Crippen molar-refractivity contribution in [3.63, 3.8) is 0 Å². The summed E-state index contributed by atoms with van der Waals surface area (Å²) in [5.74, 6) is 0.751. The number of carbonyl (C=O) groups is 2. The first-order chi connectivity index (χ1) is 19.0. The number of amides is 1.